The Balaban J connectivity index is 2.40. The maximum atomic E-state index is 10.2. The minimum absolute atomic E-state index is 0.0362. The molecular formula is C15H23BrO2. The molecule has 2 N–H and O–H groups in total. The summed E-state index contributed by atoms with van der Waals surface area (Å²) in [5.74, 6) is 0. The lowest BCUT2D eigenvalue weighted by Gasteiger charge is -2.58. The SMILES string of the molecule is C=C1CCC2(CC1O)C(=C)CC(O)C(Br)C2(C)C. The van der Waals surface area contributed by atoms with Gasteiger partial charge in [-0.15, -0.1) is 0 Å². The van der Waals surface area contributed by atoms with E-state index in [0.717, 1.165) is 24.0 Å². The Morgan fingerprint density at radius 1 is 1.28 bits per heavy atom. The van der Waals surface area contributed by atoms with E-state index in [-0.39, 0.29) is 21.8 Å². The van der Waals surface area contributed by atoms with Crippen LogP contribution < -0.4 is 0 Å². The Labute approximate surface area is 118 Å². The largest absolute Gasteiger partial charge is 0.392 e. The van der Waals surface area contributed by atoms with Gasteiger partial charge in [-0.3, -0.25) is 0 Å². The first-order valence-corrected chi connectivity index (χ1v) is 7.50. The van der Waals surface area contributed by atoms with Gasteiger partial charge in [0.15, 0.2) is 0 Å². The van der Waals surface area contributed by atoms with Crippen molar-refractivity contribution in [3.63, 3.8) is 0 Å². The molecule has 0 aromatic carbocycles. The van der Waals surface area contributed by atoms with Crippen LogP contribution in [0.15, 0.2) is 24.3 Å². The van der Waals surface area contributed by atoms with Crippen molar-refractivity contribution in [1.29, 1.82) is 0 Å². The highest BCUT2D eigenvalue weighted by Gasteiger charge is 2.57. The van der Waals surface area contributed by atoms with Crippen molar-refractivity contribution in [2.75, 3.05) is 0 Å². The van der Waals surface area contributed by atoms with Crippen LogP contribution >= 0.6 is 15.9 Å². The van der Waals surface area contributed by atoms with Gasteiger partial charge in [0.25, 0.3) is 0 Å². The Hall–Kier alpha value is -0.120. The van der Waals surface area contributed by atoms with E-state index in [0.29, 0.717) is 12.8 Å². The van der Waals surface area contributed by atoms with Gasteiger partial charge in [-0.2, -0.15) is 0 Å². The van der Waals surface area contributed by atoms with Crippen molar-refractivity contribution < 1.29 is 10.2 Å². The van der Waals surface area contributed by atoms with E-state index in [4.69, 9.17) is 0 Å². The summed E-state index contributed by atoms with van der Waals surface area (Å²) >= 11 is 3.65. The van der Waals surface area contributed by atoms with Crippen LogP contribution in [0.25, 0.3) is 0 Å². The average molecular weight is 315 g/mol. The lowest BCUT2D eigenvalue weighted by atomic mass is 9.49. The van der Waals surface area contributed by atoms with E-state index < -0.39 is 6.10 Å². The smallest absolute Gasteiger partial charge is 0.0756 e. The van der Waals surface area contributed by atoms with E-state index in [9.17, 15) is 10.2 Å². The number of aliphatic hydroxyl groups is 2. The predicted molar refractivity (Wildman–Crippen MR) is 77.7 cm³/mol. The van der Waals surface area contributed by atoms with Gasteiger partial charge in [-0.25, -0.2) is 0 Å². The summed E-state index contributed by atoms with van der Waals surface area (Å²) < 4.78 is 0. The predicted octanol–water partition coefficient (Wildman–Crippen LogP) is 3.18. The van der Waals surface area contributed by atoms with Gasteiger partial charge < -0.3 is 10.2 Å². The lowest BCUT2D eigenvalue weighted by molar-refractivity contribution is -0.0348. The van der Waals surface area contributed by atoms with Crippen LogP contribution in [-0.2, 0) is 0 Å². The fraction of sp³-hybridized carbons (Fsp3) is 0.733. The van der Waals surface area contributed by atoms with Crippen LogP contribution in [0.5, 0.6) is 0 Å². The first kappa shape index (κ1) is 14.3. The van der Waals surface area contributed by atoms with Gasteiger partial charge in [0.1, 0.15) is 0 Å². The van der Waals surface area contributed by atoms with Crippen molar-refractivity contribution in [2.24, 2.45) is 10.8 Å². The molecule has 2 nitrogen and oxygen atoms in total. The zero-order valence-corrected chi connectivity index (χ0v) is 12.8. The van der Waals surface area contributed by atoms with E-state index in [1.807, 2.05) is 0 Å². The molecule has 2 saturated carbocycles. The molecule has 3 heteroatoms. The molecule has 0 aliphatic heterocycles. The van der Waals surface area contributed by atoms with E-state index in [1.54, 1.807) is 0 Å². The molecule has 0 aromatic rings. The number of rotatable bonds is 0. The van der Waals surface area contributed by atoms with Crippen LogP contribution in [0.3, 0.4) is 0 Å². The van der Waals surface area contributed by atoms with Crippen LogP contribution in [0.4, 0.5) is 0 Å². The number of alkyl halides is 1. The minimum atomic E-state index is -0.440. The quantitative estimate of drug-likeness (QED) is 0.532. The Morgan fingerprint density at radius 3 is 2.44 bits per heavy atom. The van der Waals surface area contributed by atoms with Gasteiger partial charge in [0.05, 0.1) is 12.2 Å². The first-order valence-electron chi connectivity index (χ1n) is 6.58. The average Bonchev–Trinajstić information content (AvgIpc) is 2.29. The fourth-order valence-corrected chi connectivity index (χ4v) is 4.40. The molecule has 0 amide bonds. The zero-order chi connectivity index (χ0) is 13.7. The number of aliphatic hydroxyl groups excluding tert-OH is 2. The summed E-state index contributed by atoms with van der Waals surface area (Å²) in [7, 11) is 0. The fourth-order valence-electron chi connectivity index (χ4n) is 3.78. The van der Waals surface area contributed by atoms with Crippen LogP contribution in [0.2, 0.25) is 0 Å². The standard InChI is InChI=1S/C15H23BrO2/c1-9-5-6-15(8-12(9)18)10(2)7-11(17)13(16)14(15,3)4/h11-13,17-18H,1-2,5-8H2,3-4H3. The van der Waals surface area contributed by atoms with E-state index in [1.165, 1.54) is 0 Å². The van der Waals surface area contributed by atoms with Gasteiger partial charge in [-0.05, 0) is 36.7 Å². The molecule has 102 valence electrons. The summed E-state index contributed by atoms with van der Waals surface area (Å²) in [5.41, 5.74) is 1.80. The van der Waals surface area contributed by atoms with Crippen LogP contribution in [-0.4, -0.2) is 27.2 Å². The van der Waals surface area contributed by atoms with Crippen molar-refractivity contribution in [3.8, 4) is 0 Å². The molecular weight excluding hydrogens is 292 g/mol. The highest BCUT2D eigenvalue weighted by molar-refractivity contribution is 9.09. The molecule has 0 heterocycles. The molecule has 0 radical (unpaired) electrons. The third kappa shape index (κ3) is 1.83. The molecule has 2 fully saturated rings. The molecule has 0 saturated heterocycles. The third-order valence-electron chi connectivity index (χ3n) is 5.28. The van der Waals surface area contributed by atoms with Gasteiger partial charge >= 0.3 is 0 Å². The minimum Gasteiger partial charge on any atom is -0.392 e. The number of hydrogen-bond acceptors (Lipinski definition) is 2. The van der Waals surface area contributed by atoms with Crippen molar-refractivity contribution in [1.82, 2.24) is 0 Å². The summed E-state index contributed by atoms with van der Waals surface area (Å²) in [6, 6.07) is 0. The first-order chi connectivity index (χ1) is 8.22. The molecule has 1 spiro atoms. The molecule has 2 rings (SSSR count). The third-order valence-corrected chi connectivity index (χ3v) is 7.03. The Kier molecular flexibility index (Phi) is 3.54. The molecule has 2 aliphatic rings. The Bertz CT molecular complexity index is 388. The second-order valence-electron chi connectivity index (χ2n) is 6.46. The van der Waals surface area contributed by atoms with E-state index in [2.05, 4.69) is 42.9 Å². The molecule has 2 aliphatic carbocycles. The van der Waals surface area contributed by atoms with Crippen LogP contribution in [0, 0.1) is 10.8 Å². The maximum absolute atomic E-state index is 10.2. The van der Waals surface area contributed by atoms with Gasteiger partial charge in [0.2, 0.25) is 0 Å². The summed E-state index contributed by atoms with van der Waals surface area (Å²) in [6.45, 7) is 12.5. The summed E-state index contributed by atoms with van der Waals surface area (Å²) in [5, 5.41) is 20.3. The molecule has 0 bridgehead atoms. The van der Waals surface area contributed by atoms with Crippen LogP contribution in [0.1, 0.15) is 39.5 Å². The second-order valence-corrected chi connectivity index (χ2v) is 7.45. The van der Waals surface area contributed by atoms with Crippen molar-refractivity contribution in [3.05, 3.63) is 24.3 Å². The second kappa shape index (κ2) is 4.46. The molecule has 0 aromatic heterocycles. The van der Waals surface area contributed by atoms with Gasteiger partial charge in [0, 0.05) is 10.2 Å². The summed E-state index contributed by atoms with van der Waals surface area (Å²) in [6.07, 6.45) is 2.30. The Morgan fingerprint density at radius 2 is 1.89 bits per heavy atom. The van der Waals surface area contributed by atoms with Crippen molar-refractivity contribution in [2.45, 2.75) is 56.6 Å². The summed E-state index contributed by atoms with van der Waals surface area (Å²) in [4.78, 5) is 0.0362. The normalized spacial score (nSPS) is 44.4. The maximum Gasteiger partial charge on any atom is 0.0756 e. The monoisotopic (exact) mass is 314 g/mol. The van der Waals surface area contributed by atoms with Gasteiger partial charge in [-0.1, -0.05) is 48.5 Å². The highest BCUT2D eigenvalue weighted by atomic mass is 79.9. The van der Waals surface area contributed by atoms with E-state index >= 15 is 0 Å². The number of halogens is 1. The molecule has 18 heavy (non-hydrogen) atoms. The number of hydrogen-bond donors (Lipinski definition) is 2. The molecule has 4 atom stereocenters. The highest BCUT2D eigenvalue weighted by Crippen LogP contribution is 2.61. The lowest BCUT2D eigenvalue weighted by Crippen LogP contribution is -2.56. The molecule has 4 unspecified atom stereocenters. The zero-order valence-electron chi connectivity index (χ0n) is 11.2. The van der Waals surface area contributed by atoms with Crippen molar-refractivity contribution >= 4 is 15.9 Å². The topological polar surface area (TPSA) is 40.5 Å².